The monoisotopic (exact) mass is 280 g/mol. The molecule has 1 aromatic rings. The average molecular weight is 280 g/mol. The van der Waals surface area contributed by atoms with Crippen molar-refractivity contribution in [2.75, 3.05) is 13.2 Å². The van der Waals surface area contributed by atoms with Crippen molar-refractivity contribution in [3.05, 3.63) is 29.8 Å². The summed E-state index contributed by atoms with van der Waals surface area (Å²) >= 11 is 0. The van der Waals surface area contributed by atoms with Crippen molar-refractivity contribution < 1.29 is 23.8 Å². The van der Waals surface area contributed by atoms with E-state index in [0.717, 1.165) is 6.42 Å². The second-order valence-electron chi connectivity index (χ2n) is 4.25. The molecule has 0 amide bonds. The molecule has 0 aromatic heterocycles. The Kier molecular flexibility index (Phi) is 6.56. The lowest BCUT2D eigenvalue weighted by molar-refractivity contribution is -0.150. The minimum atomic E-state index is -0.430. The van der Waals surface area contributed by atoms with Crippen LogP contribution >= 0.6 is 0 Å². The average Bonchev–Trinajstić information content (AvgIpc) is 2.45. The highest BCUT2D eigenvalue weighted by atomic mass is 16.6. The van der Waals surface area contributed by atoms with Gasteiger partial charge in [-0.2, -0.15) is 0 Å². The van der Waals surface area contributed by atoms with Crippen LogP contribution in [-0.2, 0) is 14.3 Å². The predicted molar refractivity (Wildman–Crippen MR) is 73.7 cm³/mol. The summed E-state index contributed by atoms with van der Waals surface area (Å²) in [5, 5.41) is 0. The highest BCUT2D eigenvalue weighted by molar-refractivity contribution is 5.89. The van der Waals surface area contributed by atoms with Gasteiger partial charge in [-0.1, -0.05) is 13.0 Å². The van der Waals surface area contributed by atoms with Gasteiger partial charge in [0.05, 0.1) is 18.3 Å². The van der Waals surface area contributed by atoms with Crippen molar-refractivity contribution in [3.63, 3.8) is 0 Å². The van der Waals surface area contributed by atoms with Crippen LogP contribution in [0, 0.1) is 0 Å². The van der Waals surface area contributed by atoms with Gasteiger partial charge in [-0.3, -0.25) is 0 Å². The van der Waals surface area contributed by atoms with E-state index in [1.54, 1.807) is 25.1 Å². The van der Waals surface area contributed by atoms with Gasteiger partial charge in [-0.15, -0.1) is 0 Å². The standard InChI is InChI=1S/C15H20O5/c1-4-11(3)20-14(16)10-19-13-8-6-7-12(9-13)15(17)18-5-2/h6-9,11H,4-5,10H2,1-3H3. The predicted octanol–water partition coefficient (Wildman–Crippen LogP) is 2.58. The fourth-order valence-corrected chi connectivity index (χ4v) is 1.41. The Balaban J connectivity index is 2.54. The molecule has 110 valence electrons. The van der Waals surface area contributed by atoms with E-state index in [0.29, 0.717) is 17.9 Å². The van der Waals surface area contributed by atoms with Crippen LogP contribution in [0.25, 0.3) is 0 Å². The smallest absolute Gasteiger partial charge is 0.344 e. The molecule has 0 saturated heterocycles. The minimum absolute atomic E-state index is 0.128. The van der Waals surface area contributed by atoms with Gasteiger partial charge in [0.1, 0.15) is 5.75 Å². The van der Waals surface area contributed by atoms with E-state index in [4.69, 9.17) is 14.2 Å². The first-order chi connectivity index (χ1) is 9.56. The van der Waals surface area contributed by atoms with E-state index < -0.39 is 11.9 Å². The van der Waals surface area contributed by atoms with E-state index in [1.807, 2.05) is 13.8 Å². The Bertz CT molecular complexity index is 455. The second kappa shape index (κ2) is 8.19. The molecule has 1 rings (SSSR count). The zero-order valence-corrected chi connectivity index (χ0v) is 12.0. The van der Waals surface area contributed by atoms with Crippen LogP contribution < -0.4 is 4.74 Å². The minimum Gasteiger partial charge on any atom is -0.482 e. The summed E-state index contributed by atoms with van der Waals surface area (Å²) in [6.45, 7) is 5.62. The van der Waals surface area contributed by atoms with Crippen LogP contribution in [0.5, 0.6) is 5.75 Å². The molecule has 0 radical (unpaired) electrons. The van der Waals surface area contributed by atoms with E-state index >= 15 is 0 Å². The molecule has 0 bridgehead atoms. The van der Waals surface area contributed by atoms with Crippen LogP contribution in [0.4, 0.5) is 0 Å². The van der Waals surface area contributed by atoms with E-state index in [9.17, 15) is 9.59 Å². The van der Waals surface area contributed by atoms with Crippen LogP contribution in [-0.4, -0.2) is 31.3 Å². The van der Waals surface area contributed by atoms with Crippen molar-refractivity contribution in [2.24, 2.45) is 0 Å². The Morgan fingerprint density at radius 1 is 1.25 bits per heavy atom. The van der Waals surface area contributed by atoms with Gasteiger partial charge in [0.2, 0.25) is 0 Å². The molecule has 5 nitrogen and oxygen atoms in total. The number of hydrogen-bond acceptors (Lipinski definition) is 5. The molecule has 0 aliphatic rings. The van der Waals surface area contributed by atoms with Crippen molar-refractivity contribution in [2.45, 2.75) is 33.3 Å². The Labute approximate surface area is 118 Å². The third-order valence-electron chi connectivity index (χ3n) is 2.61. The van der Waals surface area contributed by atoms with Crippen molar-refractivity contribution in [1.82, 2.24) is 0 Å². The maximum absolute atomic E-state index is 11.5. The largest absolute Gasteiger partial charge is 0.482 e. The summed E-state index contributed by atoms with van der Waals surface area (Å²) in [7, 11) is 0. The molecule has 0 saturated carbocycles. The molecule has 0 heterocycles. The molecular weight excluding hydrogens is 260 g/mol. The van der Waals surface area contributed by atoms with E-state index in [2.05, 4.69) is 0 Å². The first-order valence-electron chi connectivity index (χ1n) is 6.66. The van der Waals surface area contributed by atoms with E-state index in [-0.39, 0.29) is 12.7 Å². The fraction of sp³-hybridized carbons (Fsp3) is 0.467. The molecule has 1 atom stereocenters. The van der Waals surface area contributed by atoms with Crippen molar-refractivity contribution >= 4 is 11.9 Å². The maximum Gasteiger partial charge on any atom is 0.344 e. The Morgan fingerprint density at radius 3 is 2.65 bits per heavy atom. The number of rotatable bonds is 7. The second-order valence-corrected chi connectivity index (χ2v) is 4.25. The van der Waals surface area contributed by atoms with Crippen LogP contribution in [0.1, 0.15) is 37.6 Å². The molecule has 1 aromatic carbocycles. The summed E-state index contributed by atoms with van der Waals surface area (Å²) in [5.74, 6) is -0.419. The third-order valence-corrected chi connectivity index (χ3v) is 2.61. The first-order valence-corrected chi connectivity index (χ1v) is 6.66. The quantitative estimate of drug-likeness (QED) is 0.718. The molecular formula is C15H20O5. The number of hydrogen-bond donors (Lipinski definition) is 0. The zero-order valence-electron chi connectivity index (χ0n) is 12.0. The lowest BCUT2D eigenvalue weighted by Gasteiger charge is -2.11. The summed E-state index contributed by atoms with van der Waals surface area (Å²) in [6.07, 6.45) is 0.626. The number of ether oxygens (including phenoxy) is 3. The van der Waals surface area contributed by atoms with Gasteiger partial charge < -0.3 is 14.2 Å². The maximum atomic E-state index is 11.5. The van der Waals surface area contributed by atoms with Gasteiger partial charge in [-0.05, 0) is 38.5 Å². The van der Waals surface area contributed by atoms with E-state index in [1.165, 1.54) is 6.07 Å². The summed E-state index contributed by atoms with van der Waals surface area (Å²) in [5.41, 5.74) is 0.389. The molecule has 1 unspecified atom stereocenters. The zero-order chi connectivity index (χ0) is 15.0. The van der Waals surface area contributed by atoms with Crippen LogP contribution in [0.15, 0.2) is 24.3 Å². The molecule has 5 heteroatoms. The summed E-state index contributed by atoms with van der Waals surface area (Å²) in [6, 6.07) is 6.50. The van der Waals surface area contributed by atoms with Crippen LogP contribution in [0.3, 0.4) is 0 Å². The number of esters is 2. The Hall–Kier alpha value is -2.04. The fourth-order valence-electron chi connectivity index (χ4n) is 1.41. The third kappa shape index (κ3) is 5.30. The molecule has 0 aliphatic carbocycles. The van der Waals surface area contributed by atoms with Gasteiger partial charge in [0, 0.05) is 0 Å². The SMILES string of the molecule is CCOC(=O)c1cccc(OCC(=O)OC(C)CC)c1. The number of benzene rings is 1. The number of carbonyl (C=O) groups excluding carboxylic acids is 2. The summed E-state index contributed by atoms with van der Waals surface area (Å²) in [4.78, 5) is 23.0. The van der Waals surface area contributed by atoms with Crippen molar-refractivity contribution in [1.29, 1.82) is 0 Å². The van der Waals surface area contributed by atoms with Crippen LogP contribution in [0.2, 0.25) is 0 Å². The van der Waals surface area contributed by atoms with Gasteiger partial charge in [0.25, 0.3) is 0 Å². The molecule has 0 aliphatic heterocycles. The van der Waals surface area contributed by atoms with Gasteiger partial charge in [0.15, 0.2) is 6.61 Å². The first kappa shape index (κ1) is 16.0. The lowest BCUT2D eigenvalue weighted by atomic mass is 10.2. The molecule has 0 N–H and O–H groups in total. The van der Waals surface area contributed by atoms with Gasteiger partial charge >= 0.3 is 11.9 Å². The normalized spacial score (nSPS) is 11.6. The molecule has 0 fully saturated rings. The number of carbonyl (C=O) groups is 2. The topological polar surface area (TPSA) is 61.8 Å². The Morgan fingerprint density at radius 2 is 2.00 bits per heavy atom. The van der Waals surface area contributed by atoms with Gasteiger partial charge in [-0.25, -0.2) is 9.59 Å². The summed E-state index contributed by atoms with van der Waals surface area (Å²) < 4.78 is 15.3. The molecule has 20 heavy (non-hydrogen) atoms. The lowest BCUT2D eigenvalue weighted by Crippen LogP contribution is -2.20. The molecule has 0 spiro atoms. The van der Waals surface area contributed by atoms with Crippen molar-refractivity contribution in [3.8, 4) is 5.75 Å². The highest BCUT2D eigenvalue weighted by Gasteiger charge is 2.10. The highest BCUT2D eigenvalue weighted by Crippen LogP contribution is 2.14.